The van der Waals surface area contributed by atoms with Gasteiger partial charge in [0, 0.05) is 6.61 Å². The first-order valence-corrected chi connectivity index (χ1v) is 8.18. The lowest BCUT2D eigenvalue weighted by molar-refractivity contribution is -0.0770. The van der Waals surface area contributed by atoms with Crippen LogP contribution in [0.3, 0.4) is 0 Å². The first-order valence-electron chi connectivity index (χ1n) is 8.18. The standard InChI is InChI=1S/C17H30O/c1-12(2)13(3)18-5-4-17-9-14-6-15(10-17)8-16(7-14)11-17/h12-16H,4-11H2,1-3H3. The molecule has 0 aromatic rings. The zero-order chi connectivity index (χ0) is 12.8. The molecule has 4 rings (SSSR count). The highest BCUT2D eigenvalue weighted by Gasteiger charge is 2.50. The van der Waals surface area contributed by atoms with Crippen LogP contribution < -0.4 is 0 Å². The molecule has 1 heteroatoms. The smallest absolute Gasteiger partial charge is 0.0569 e. The van der Waals surface area contributed by atoms with E-state index in [-0.39, 0.29) is 0 Å². The summed E-state index contributed by atoms with van der Waals surface area (Å²) in [7, 11) is 0. The Morgan fingerprint density at radius 3 is 1.89 bits per heavy atom. The van der Waals surface area contributed by atoms with Crippen LogP contribution in [-0.4, -0.2) is 12.7 Å². The topological polar surface area (TPSA) is 9.23 Å². The molecule has 1 unspecified atom stereocenters. The van der Waals surface area contributed by atoms with Gasteiger partial charge in [-0.1, -0.05) is 13.8 Å². The van der Waals surface area contributed by atoms with Crippen LogP contribution in [0.15, 0.2) is 0 Å². The van der Waals surface area contributed by atoms with Gasteiger partial charge in [0.25, 0.3) is 0 Å². The van der Waals surface area contributed by atoms with Crippen molar-refractivity contribution in [1.29, 1.82) is 0 Å². The van der Waals surface area contributed by atoms with E-state index < -0.39 is 0 Å². The van der Waals surface area contributed by atoms with E-state index in [9.17, 15) is 0 Å². The van der Waals surface area contributed by atoms with Gasteiger partial charge >= 0.3 is 0 Å². The molecule has 0 aromatic carbocycles. The second-order valence-electron chi connectivity index (χ2n) is 7.99. The van der Waals surface area contributed by atoms with Crippen molar-refractivity contribution in [2.75, 3.05) is 6.61 Å². The SMILES string of the molecule is CC(C)C(C)OCCC12CC3CC(CC(C3)C1)C2. The van der Waals surface area contributed by atoms with E-state index in [4.69, 9.17) is 4.74 Å². The van der Waals surface area contributed by atoms with Gasteiger partial charge in [0.05, 0.1) is 6.10 Å². The minimum absolute atomic E-state index is 0.430. The second kappa shape index (κ2) is 4.81. The summed E-state index contributed by atoms with van der Waals surface area (Å²) in [6.07, 6.45) is 11.0. The van der Waals surface area contributed by atoms with Gasteiger partial charge in [-0.3, -0.25) is 0 Å². The largest absolute Gasteiger partial charge is 0.378 e. The van der Waals surface area contributed by atoms with Gasteiger partial charge in [-0.05, 0) is 81.0 Å². The van der Waals surface area contributed by atoms with Crippen molar-refractivity contribution in [2.45, 2.75) is 71.8 Å². The van der Waals surface area contributed by atoms with E-state index >= 15 is 0 Å². The molecule has 0 amide bonds. The Balaban J connectivity index is 1.53. The predicted octanol–water partition coefficient (Wildman–Crippen LogP) is 4.65. The number of hydrogen-bond donors (Lipinski definition) is 0. The van der Waals surface area contributed by atoms with Crippen molar-refractivity contribution >= 4 is 0 Å². The molecule has 0 radical (unpaired) electrons. The highest BCUT2D eigenvalue weighted by atomic mass is 16.5. The molecule has 4 bridgehead atoms. The minimum atomic E-state index is 0.430. The third kappa shape index (κ3) is 2.48. The zero-order valence-corrected chi connectivity index (χ0v) is 12.5. The van der Waals surface area contributed by atoms with Crippen LogP contribution in [0.2, 0.25) is 0 Å². The van der Waals surface area contributed by atoms with Crippen LogP contribution in [0.1, 0.15) is 65.7 Å². The fraction of sp³-hybridized carbons (Fsp3) is 1.00. The Bertz CT molecular complexity index is 259. The molecule has 4 aliphatic carbocycles. The van der Waals surface area contributed by atoms with Crippen molar-refractivity contribution in [2.24, 2.45) is 29.1 Å². The summed E-state index contributed by atoms with van der Waals surface area (Å²) in [4.78, 5) is 0. The molecule has 0 aromatic heterocycles. The van der Waals surface area contributed by atoms with Crippen LogP contribution in [0.5, 0.6) is 0 Å². The third-order valence-corrected chi connectivity index (χ3v) is 6.12. The van der Waals surface area contributed by atoms with E-state index in [0.29, 0.717) is 17.4 Å². The molecule has 0 spiro atoms. The summed E-state index contributed by atoms with van der Waals surface area (Å²) in [5.41, 5.74) is 0.700. The summed E-state index contributed by atoms with van der Waals surface area (Å²) in [6, 6.07) is 0. The van der Waals surface area contributed by atoms with Gasteiger partial charge in [-0.2, -0.15) is 0 Å². The Morgan fingerprint density at radius 2 is 1.44 bits per heavy atom. The maximum atomic E-state index is 6.04. The van der Waals surface area contributed by atoms with Gasteiger partial charge in [0.15, 0.2) is 0 Å². The molecule has 4 saturated carbocycles. The summed E-state index contributed by atoms with van der Waals surface area (Å²) in [5, 5.41) is 0. The average molecular weight is 250 g/mol. The monoisotopic (exact) mass is 250 g/mol. The number of rotatable bonds is 5. The first kappa shape index (κ1) is 13.0. The van der Waals surface area contributed by atoms with E-state index in [1.54, 1.807) is 19.3 Å². The molecule has 0 N–H and O–H groups in total. The molecule has 0 aliphatic heterocycles. The zero-order valence-electron chi connectivity index (χ0n) is 12.5. The average Bonchev–Trinajstić information content (AvgIpc) is 2.26. The quantitative estimate of drug-likeness (QED) is 0.690. The fourth-order valence-corrected chi connectivity index (χ4v) is 5.25. The summed E-state index contributed by atoms with van der Waals surface area (Å²) >= 11 is 0. The highest BCUT2D eigenvalue weighted by molar-refractivity contribution is 5.01. The molecular formula is C17H30O. The van der Waals surface area contributed by atoms with Gasteiger partial charge in [0.1, 0.15) is 0 Å². The molecule has 4 fully saturated rings. The second-order valence-corrected chi connectivity index (χ2v) is 7.99. The van der Waals surface area contributed by atoms with Crippen molar-refractivity contribution in [3.8, 4) is 0 Å². The Kier molecular flexibility index (Phi) is 3.47. The Morgan fingerprint density at radius 1 is 0.944 bits per heavy atom. The van der Waals surface area contributed by atoms with Crippen LogP contribution in [0, 0.1) is 29.1 Å². The highest BCUT2D eigenvalue weighted by Crippen LogP contribution is 2.61. The normalized spacial score (nSPS) is 43.7. The molecule has 104 valence electrons. The molecule has 1 nitrogen and oxygen atoms in total. The fourth-order valence-electron chi connectivity index (χ4n) is 5.25. The number of hydrogen-bond acceptors (Lipinski definition) is 1. The Labute approximate surface area is 113 Å². The van der Waals surface area contributed by atoms with Crippen LogP contribution in [0.4, 0.5) is 0 Å². The van der Waals surface area contributed by atoms with Gasteiger partial charge < -0.3 is 4.74 Å². The lowest BCUT2D eigenvalue weighted by Crippen LogP contribution is -2.46. The van der Waals surface area contributed by atoms with E-state index in [1.165, 1.54) is 25.7 Å². The predicted molar refractivity (Wildman–Crippen MR) is 75.5 cm³/mol. The molecule has 18 heavy (non-hydrogen) atoms. The first-order chi connectivity index (χ1) is 8.56. The van der Waals surface area contributed by atoms with Crippen LogP contribution in [-0.2, 0) is 4.74 Å². The maximum absolute atomic E-state index is 6.04. The van der Waals surface area contributed by atoms with Crippen molar-refractivity contribution in [1.82, 2.24) is 0 Å². The van der Waals surface area contributed by atoms with Gasteiger partial charge in [-0.15, -0.1) is 0 Å². The van der Waals surface area contributed by atoms with Crippen molar-refractivity contribution in [3.05, 3.63) is 0 Å². The third-order valence-electron chi connectivity index (χ3n) is 6.12. The number of ether oxygens (including phenoxy) is 1. The van der Waals surface area contributed by atoms with Gasteiger partial charge in [0.2, 0.25) is 0 Å². The molecule has 4 aliphatic rings. The van der Waals surface area contributed by atoms with E-state index in [1.807, 2.05) is 0 Å². The summed E-state index contributed by atoms with van der Waals surface area (Å²) < 4.78 is 6.04. The molecular weight excluding hydrogens is 220 g/mol. The van der Waals surface area contributed by atoms with Crippen LogP contribution >= 0.6 is 0 Å². The van der Waals surface area contributed by atoms with Crippen molar-refractivity contribution < 1.29 is 4.74 Å². The van der Waals surface area contributed by atoms with E-state index in [0.717, 1.165) is 24.4 Å². The van der Waals surface area contributed by atoms with E-state index in [2.05, 4.69) is 20.8 Å². The minimum Gasteiger partial charge on any atom is -0.378 e. The van der Waals surface area contributed by atoms with Crippen LogP contribution in [0.25, 0.3) is 0 Å². The van der Waals surface area contributed by atoms with Crippen molar-refractivity contribution in [3.63, 3.8) is 0 Å². The summed E-state index contributed by atoms with van der Waals surface area (Å²) in [6.45, 7) is 7.75. The molecule has 0 heterocycles. The Hall–Kier alpha value is -0.0400. The van der Waals surface area contributed by atoms with Gasteiger partial charge in [-0.25, -0.2) is 0 Å². The lowest BCUT2D eigenvalue weighted by Gasteiger charge is -2.57. The molecule has 0 saturated heterocycles. The maximum Gasteiger partial charge on any atom is 0.0569 e. The summed E-state index contributed by atoms with van der Waals surface area (Å²) in [5.74, 6) is 3.90. The lowest BCUT2D eigenvalue weighted by atomic mass is 9.49. The molecule has 1 atom stereocenters.